The van der Waals surface area contributed by atoms with Crippen LogP contribution in [0.5, 0.6) is 11.5 Å². The van der Waals surface area contributed by atoms with Crippen LogP contribution in [0.2, 0.25) is 0 Å². The van der Waals surface area contributed by atoms with Gasteiger partial charge in [-0.1, -0.05) is 0 Å². The van der Waals surface area contributed by atoms with Gasteiger partial charge in [0.25, 0.3) is 0 Å². The zero-order valence-corrected chi connectivity index (χ0v) is 18.8. The Balaban J connectivity index is 1.41. The number of nitrogens with one attached hydrogen (secondary N) is 1. The predicted molar refractivity (Wildman–Crippen MR) is 127 cm³/mol. The number of piperidine rings is 1. The number of fused-ring (bicyclic) bond motifs is 1. The number of anilines is 2. The first kappa shape index (κ1) is 22.8. The molecule has 1 saturated heterocycles. The van der Waals surface area contributed by atoms with E-state index in [-0.39, 0.29) is 0 Å². The summed E-state index contributed by atoms with van der Waals surface area (Å²) < 4.78 is 11.6. The standard InChI is InChI=1S/C25H29N5O3/c1-32-23-13-21-22(27-17-28-25(21)29-20-5-3-18(15-26)4-6-20)14-24(23)33-12-2-9-30-10-7-19(16-31)8-11-30/h3-6,13-14,17,19,31H,2,7-12,16H2,1H3,(H,27,28,29). The molecule has 0 unspecified atom stereocenters. The van der Waals surface area contributed by atoms with Gasteiger partial charge in [0.05, 0.1) is 30.9 Å². The molecule has 1 aliphatic heterocycles. The first-order chi connectivity index (χ1) is 16.2. The van der Waals surface area contributed by atoms with Crippen molar-refractivity contribution in [2.24, 2.45) is 5.92 Å². The van der Waals surface area contributed by atoms with Crippen LogP contribution in [0, 0.1) is 17.2 Å². The van der Waals surface area contributed by atoms with Gasteiger partial charge in [0.15, 0.2) is 11.5 Å². The summed E-state index contributed by atoms with van der Waals surface area (Å²) in [7, 11) is 1.62. The fourth-order valence-electron chi connectivity index (χ4n) is 4.06. The lowest BCUT2D eigenvalue weighted by Gasteiger charge is -2.30. The van der Waals surface area contributed by atoms with Crippen molar-refractivity contribution in [2.75, 3.05) is 45.3 Å². The van der Waals surface area contributed by atoms with Gasteiger partial charge in [-0.15, -0.1) is 0 Å². The van der Waals surface area contributed by atoms with Crippen LogP contribution >= 0.6 is 0 Å². The number of ether oxygens (including phenoxy) is 2. The molecule has 3 aromatic rings. The van der Waals surface area contributed by atoms with Crippen molar-refractivity contribution in [1.82, 2.24) is 14.9 Å². The average molecular weight is 448 g/mol. The fraction of sp³-hybridized carbons (Fsp3) is 0.400. The number of hydrogen-bond acceptors (Lipinski definition) is 8. The number of nitriles is 1. The minimum Gasteiger partial charge on any atom is -0.493 e. The minimum absolute atomic E-state index is 0.299. The number of methoxy groups -OCH3 is 1. The Labute approximate surface area is 193 Å². The number of aromatic nitrogens is 2. The van der Waals surface area contributed by atoms with E-state index in [2.05, 4.69) is 26.3 Å². The van der Waals surface area contributed by atoms with Gasteiger partial charge in [-0.25, -0.2) is 9.97 Å². The van der Waals surface area contributed by atoms with Crippen molar-refractivity contribution < 1.29 is 14.6 Å². The monoisotopic (exact) mass is 447 g/mol. The number of hydrogen-bond donors (Lipinski definition) is 2. The second-order valence-electron chi connectivity index (χ2n) is 8.23. The highest BCUT2D eigenvalue weighted by Gasteiger charge is 2.18. The third kappa shape index (κ3) is 5.69. The van der Waals surface area contributed by atoms with Gasteiger partial charge in [-0.05, 0) is 68.6 Å². The summed E-state index contributed by atoms with van der Waals surface area (Å²) in [6.07, 6.45) is 4.56. The molecule has 4 rings (SSSR count). The summed E-state index contributed by atoms with van der Waals surface area (Å²) in [6.45, 7) is 3.94. The van der Waals surface area contributed by atoms with Gasteiger partial charge in [0, 0.05) is 30.3 Å². The summed E-state index contributed by atoms with van der Waals surface area (Å²) in [5.74, 6) is 2.40. The normalized spacial score (nSPS) is 14.7. The highest BCUT2D eigenvalue weighted by Crippen LogP contribution is 2.34. The molecule has 0 spiro atoms. The van der Waals surface area contributed by atoms with Gasteiger partial charge in [-0.2, -0.15) is 5.26 Å². The van der Waals surface area contributed by atoms with Crippen molar-refractivity contribution in [3.8, 4) is 17.6 Å². The SMILES string of the molecule is COc1cc2c(Nc3ccc(C#N)cc3)ncnc2cc1OCCCN1CCC(CO)CC1. The van der Waals surface area contributed by atoms with Crippen molar-refractivity contribution in [1.29, 1.82) is 5.26 Å². The molecule has 0 aliphatic carbocycles. The quantitative estimate of drug-likeness (QED) is 0.478. The summed E-state index contributed by atoms with van der Waals surface area (Å²) in [6, 6.07) is 13.1. The number of aliphatic hydroxyl groups is 1. The number of rotatable bonds is 9. The van der Waals surface area contributed by atoms with Crippen LogP contribution < -0.4 is 14.8 Å². The van der Waals surface area contributed by atoms with Gasteiger partial charge < -0.3 is 24.8 Å². The van der Waals surface area contributed by atoms with Crippen molar-refractivity contribution >= 4 is 22.4 Å². The third-order valence-corrected chi connectivity index (χ3v) is 6.04. The molecule has 172 valence electrons. The lowest BCUT2D eigenvalue weighted by molar-refractivity contribution is 0.126. The van der Waals surface area contributed by atoms with E-state index in [9.17, 15) is 5.11 Å². The lowest BCUT2D eigenvalue weighted by atomic mass is 9.98. The molecule has 2 heterocycles. The molecule has 0 amide bonds. The number of nitrogens with zero attached hydrogens (tertiary/aromatic N) is 4. The molecule has 8 nitrogen and oxygen atoms in total. The average Bonchev–Trinajstić information content (AvgIpc) is 2.87. The zero-order chi connectivity index (χ0) is 23.0. The van der Waals surface area contributed by atoms with Gasteiger partial charge in [-0.3, -0.25) is 0 Å². The molecule has 0 saturated carbocycles. The van der Waals surface area contributed by atoms with E-state index in [1.807, 2.05) is 24.3 Å². The van der Waals surface area contributed by atoms with E-state index in [1.54, 1.807) is 19.2 Å². The number of likely N-dealkylation sites (tertiary alicyclic amines) is 1. The van der Waals surface area contributed by atoms with E-state index < -0.39 is 0 Å². The topological polar surface area (TPSA) is 104 Å². The molecule has 0 bridgehead atoms. The first-order valence-corrected chi connectivity index (χ1v) is 11.3. The van der Waals surface area contributed by atoms with E-state index in [1.165, 1.54) is 6.33 Å². The summed E-state index contributed by atoms with van der Waals surface area (Å²) >= 11 is 0. The van der Waals surface area contributed by atoms with E-state index in [0.717, 1.165) is 55.5 Å². The number of aliphatic hydroxyl groups excluding tert-OH is 1. The summed E-state index contributed by atoms with van der Waals surface area (Å²) in [5, 5.41) is 22.4. The Bertz CT molecular complexity index is 1110. The lowest BCUT2D eigenvalue weighted by Crippen LogP contribution is -2.35. The fourth-order valence-corrected chi connectivity index (χ4v) is 4.06. The first-order valence-electron chi connectivity index (χ1n) is 11.3. The third-order valence-electron chi connectivity index (χ3n) is 6.04. The Morgan fingerprint density at radius 3 is 2.64 bits per heavy atom. The molecular weight excluding hydrogens is 418 g/mol. The molecule has 33 heavy (non-hydrogen) atoms. The van der Waals surface area contributed by atoms with Crippen molar-refractivity contribution in [3.63, 3.8) is 0 Å². The van der Waals surface area contributed by atoms with Crippen LogP contribution in [-0.4, -0.2) is 59.9 Å². The maximum atomic E-state index is 9.28. The van der Waals surface area contributed by atoms with E-state index in [0.29, 0.717) is 42.0 Å². The Morgan fingerprint density at radius 1 is 1.15 bits per heavy atom. The highest BCUT2D eigenvalue weighted by molar-refractivity contribution is 5.93. The maximum Gasteiger partial charge on any atom is 0.163 e. The van der Waals surface area contributed by atoms with Crippen LogP contribution in [-0.2, 0) is 0 Å². The Kier molecular flexibility index (Phi) is 7.55. The molecule has 0 atom stereocenters. The zero-order valence-electron chi connectivity index (χ0n) is 18.8. The van der Waals surface area contributed by atoms with Gasteiger partial charge >= 0.3 is 0 Å². The van der Waals surface area contributed by atoms with Crippen LogP contribution in [0.3, 0.4) is 0 Å². The molecule has 1 aliphatic rings. The van der Waals surface area contributed by atoms with Crippen molar-refractivity contribution in [3.05, 3.63) is 48.3 Å². The molecule has 1 fully saturated rings. The summed E-state index contributed by atoms with van der Waals surface area (Å²) in [4.78, 5) is 11.2. The predicted octanol–water partition coefficient (Wildman–Crippen LogP) is 3.73. The maximum absolute atomic E-state index is 9.28. The Hall–Kier alpha value is -3.41. The molecule has 8 heteroatoms. The van der Waals surface area contributed by atoms with Gasteiger partial charge in [0.1, 0.15) is 12.1 Å². The minimum atomic E-state index is 0.299. The van der Waals surface area contributed by atoms with E-state index in [4.69, 9.17) is 14.7 Å². The Morgan fingerprint density at radius 2 is 1.94 bits per heavy atom. The van der Waals surface area contributed by atoms with Gasteiger partial charge in [0.2, 0.25) is 0 Å². The van der Waals surface area contributed by atoms with E-state index >= 15 is 0 Å². The molecule has 2 aromatic carbocycles. The smallest absolute Gasteiger partial charge is 0.163 e. The molecule has 2 N–H and O–H groups in total. The van der Waals surface area contributed by atoms with Crippen LogP contribution in [0.1, 0.15) is 24.8 Å². The molecule has 1 aromatic heterocycles. The van der Waals surface area contributed by atoms with Crippen LogP contribution in [0.15, 0.2) is 42.7 Å². The number of benzene rings is 2. The highest BCUT2D eigenvalue weighted by atomic mass is 16.5. The largest absolute Gasteiger partial charge is 0.493 e. The van der Waals surface area contributed by atoms with Crippen LogP contribution in [0.4, 0.5) is 11.5 Å². The van der Waals surface area contributed by atoms with Crippen LogP contribution in [0.25, 0.3) is 10.9 Å². The molecule has 0 radical (unpaired) electrons. The second kappa shape index (κ2) is 10.9. The molecular formula is C25H29N5O3. The van der Waals surface area contributed by atoms with Crippen molar-refractivity contribution in [2.45, 2.75) is 19.3 Å². The second-order valence-corrected chi connectivity index (χ2v) is 8.23. The summed E-state index contributed by atoms with van der Waals surface area (Å²) in [5.41, 5.74) is 2.19.